The van der Waals surface area contributed by atoms with Crippen molar-refractivity contribution >= 4 is 17.5 Å². The fraction of sp³-hybridized carbons (Fsp3) is 0.679. The maximum Gasteiger partial charge on any atom is 0.303 e. The van der Waals surface area contributed by atoms with Crippen molar-refractivity contribution in [1.29, 1.82) is 0 Å². The molecule has 2 unspecified atom stereocenters. The molecule has 4 fully saturated rings. The van der Waals surface area contributed by atoms with Crippen molar-refractivity contribution in [1.82, 2.24) is 0 Å². The van der Waals surface area contributed by atoms with E-state index < -0.39 is 81.6 Å². The SMILES string of the molecule is CC(=O)O[C@@]12CO[C@@H]1C[C@H](O)[C@@]1(C)C(=O)C(=O)C3C(C)[C@@H](O)C[C@@](O)([C@@H](c4ccccc4)[C@H]21)C3(C)C. The van der Waals surface area contributed by atoms with E-state index in [1.54, 1.807) is 27.7 Å². The second-order valence-corrected chi connectivity index (χ2v) is 12.2. The largest absolute Gasteiger partial charge is 0.454 e. The summed E-state index contributed by atoms with van der Waals surface area (Å²) in [6.45, 7) is 8.10. The van der Waals surface area contributed by atoms with E-state index in [2.05, 4.69) is 0 Å². The lowest BCUT2D eigenvalue weighted by molar-refractivity contribution is -0.334. The minimum absolute atomic E-state index is 0.0193. The summed E-state index contributed by atoms with van der Waals surface area (Å²) in [4.78, 5) is 40.6. The predicted octanol–water partition coefficient (Wildman–Crippen LogP) is 1.78. The zero-order chi connectivity index (χ0) is 26.4. The van der Waals surface area contributed by atoms with E-state index in [0.29, 0.717) is 5.56 Å². The van der Waals surface area contributed by atoms with Gasteiger partial charge in [0.1, 0.15) is 6.10 Å². The van der Waals surface area contributed by atoms with E-state index in [1.807, 2.05) is 30.3 Å². The molecule has 10 atom stereocenters. The molecule has 0 amide bonds. The molecule has 196 valence electrons. The highest BCUT2D eigenvalue weighted by molar-refractivity contribution is 6.40. The number of ketones is 2. The fourth-order valence-corrected chi connectivity index (χ4v) is 8.25. The van der Waals surface area contributed by atoms with Crippen LogP contribution in [-0.2, 0) is 23.9 Å². The number of hydrogen-bond donors (Lipinski definition) is 3. The molecule has 1 aromatic rings. The Bertz CT molecular complexity index is 1100. The van der Waals surface area contributed by atoms with E-state index >= 15 is 0 Å². The number of benzene rings is 1. The van der Waals surface area contributed by atoms with Crippen LogP contribution in [-0.4, -0.2) is 69.0 Å². The zero-order valence-corrected chi connectivity index (χ0v) is 21.4. The van der Waals surface area contributed by atoms with E-state index in [4.69, 9.17) is 9.47 Å². The van der Waals surface area contributed by atoms with Gasteiger partial charge in [0.25, 0.3) is 0 Å². The van der Waals surface area contributed by atoms with Crippen LogP contribution in [0.5, 0.6) is 0 Å². The van der Waals surface area contributed by atoms with Crippen LogP contribution in [0.2, 0.25) is 0 Å². The molecule has 4 aliphatic rings. The van der Waals surface area contributed by atoms with Crippen LogP contribution in [0.1, 0.15) is 58.9 Å². The van der Waals surface area contributed by atoms with Crippen molar-refractivity contribution in [2.75, 3.05) is 6.61 Å². The number of rotatable bonds is 2. The topological polar surface area (TPSA) is 130 Å². The van der Waals surface area contributed by atoms with Crippen molar-refractivity contribution in [2.45, 2.75) is 82.9 Å². The number of esters is 1. The number of ether oxygens (including phenoxy) is 2. The Balaban J connectivity index is 1.88. The lowest BCUT2D eigenvalue weighted by Crippen LogP contribution is -2.80. The summed E-state index contributed by atoms with van der Waals surface area (Å²) in [6.07, 6.45) is -3.01. The van der Waals surface area contributed by atoms with Gasteiger partial charge < -0.3 is 24.8 Å². The third-order valence-corrected chi connectivity index (χ3v) is 10.2. The standard InChI is InChI=1S/C28H36O8/c1-14-17(30)12-28(34)21(16-9-7-6-8-10-16)23-26(5,24(33)22(32)20(14)25(28,3)4)18(31)11-19-27(23,13-35-19)36-15(2)29/h6-10,14,17-21,23,30-31,34H,11-13H2,1-5H3/t14?,17-,18-,19+,20?,21-,23-,26+,27-,28+/m0/s1. The van der Waals surface area contributed by atoms with E-state index in [1.165, 1.54) is 6.92 Å². The normalized spacial score (nSPS) is 47.5. The summed E-state index contributed by atoms with van der Waals surface area (Å²) < 4.78 is 11.8. The third-order valence-electron chi connectivity index (χ3n) is 10.2. The van der Waals surface area contributed by atoms with Crippen LogP contribution >= 0.6 is 0 Å². The Hall–Kier alpha value is -2.13. The minimum atomic E-state index is -1.68. The first kappa shape index (κ1) is 25.5. The van der Waals surface area contributed by atoms with Gasteiger partial charge >= 0.3 is 5.97 Å². The highest BCUT2D eigenvalue weighted by atomic mass is 16.6. The molecule has 1 aliphatic heterocycles. The monoisotopic (exact) mass is 500 g/mol. The predicted molar refractivity (Wildman–Crippen MR) is 128 cm³/mol. The van der Waals surface area contributed by atoms with Gasteiger partial charge in [-0.1, -0.05) is 51.1 Å². The summed E-state index contributed by atoms with van der Waals surface area (Å²) >= 11 is 0. The Labute approximate surface area is 211 Å². The number of carbonyl (C=O) groups excluding carboxylic acids is 3. The molecule has 1 aromatic carbocycles. The summed E-state index contributed by atoms with van der Waals surface area (Å²) in [7, 11) is 0. The van der Waals surface area contributed by atoms with Gasteiger partial charge in [0, 0.05) is 42.9 Å². The van der Waals surface area contributed by atoms with E-state index in [9.17, 15) is 29.7 Å². The molecule has 0 spiro atoms. The molecule has 3 aliphatic carbocycles. The van der Waals surface area contributed by atoms with Crippen LogP contribution < -0.4 is 0 Å². The van der Waals surface area contributed by atoms with Gasteiger partial charge in [0.2, 0.25) is 11.6 Å². The number of carbonyl (C=O) groups is 3. The molecule has 2 bridgehead atoms. The molecule has 3 N–H and O–H groups in total. The van der Waals surface area contributed by atoms with Gasteiger partial charge in [0.15, 0.2) is 5.60 Å². The summed E-state index contributed by atoms with van der Waals surface area (Å²) in [5.74, 6) is -5.41. The molecule has 5 rings (SSSR count). The quantitative estimate of drug-likeness (QED) is 0.414. The molecule has 1 saturated heterocycles. The van der Waals surface area contributed by atoms with Gasteiger partial charge in [-0.2, -0.15) is 0 Å². The molecule has 8 heteroatoms. The van der Waals surface area contributed by atoms with Crippen molar-refractivity contribution in [2.24, 2.45) is 28.6 Å². The molecule has 3 saturated carbocycles. The average Bonchev–Trinajstić information content (AvgIpc) is 2.80. The van der Waals surface area contributed by atoms with Crippen molar-refractivity contribution in [3.63, 3.8) is 0 Å². The first-order valence-electron chi connectivity index (χ1n) is 12.8. The molecule has 1 heterocycles. The molecule has 0 radical (unpaired) electrons. The molecule has 8 nitrogen and oxygen atoms in total. The average molecular weight is 501 g/mol. The minimum Gasteiger partial charge on any atom is -0.454 e. The van der Waals surface area contributed by atoms with Gasteiger partial charge in [0.05, 0.1) is 29.8 Å². The Morgan fingerprint density at radius 2 is 1.72 bits per heavy atom. The first-order chi connectivity index (χ1) is 16.7. The lowest BCUT2D eigenvalue weighted by Gasteiger charge is -2.68. The highest BCUT2D eigenvalue weighted by Crippen LogP contribution is 2.67. The first-order valence-corrected chi connectivity index (χ1v) is 12.8. The van der Waals surface area contributed by atoms with Gasteiger partial charge in [-0.3, -0.25) is 14.4 Å². The van der Waals surface area contributed by atoms with Crippen molar-refractivity contribution in [3.8, 4) is 0 Å². The van der Waals surface area contributed by atoms with E-state index in [-0.39, 0.29) is 19.4 Å². The van der Waals surface area contributed by atoms with Crippen molar-refractivity contribution < 1.29 is 39.2 Å². The zero-order valence-electron chi connectivity index (χ0n) is 21.4. The fourth-order valence-electron chi connectivity index (χ4n) is 8.25. The smallest absolute Gasteiger partial charge is 0.303 e. The van der Waals surface area contributed by atoms with Crippen LogP contribution in [0.15, 0.2) is 30.3 Å². The van der Waals surface area contributed by atoms with Gasteiger partial charge in [-0.15, -0.1) is 0 Å². The van der Waals surface area contributed by atoms with Crippen LogP contribution in [0.25, 0.3) is 0 Å². The van der Waals surface area contributed by atoms with Crippen LogP contribution in [0.3, 0.4) is 0 Å². The summed E-state index contributed by atoms with van der Waals surface area (Å²) in [5, 5.41) is 35.4. The van der Waals surface area contributed by atoms with Crippen LogP contribution in [0.4, 0.5) is 0 Å². The number of Topliss-reactive ketones (excluding diaryl/α,β-unsaturated/α-hetero) is 2. The maximum absolute atomic E-state index is 14.2. The molecular weight excluding hydrogens is 464 g/mol. The molecule has 36 heavy (non-hydrogen) atoms. The summed E-state index contributed by atoms with van der Waals surface area (Å²) in [5.41, 5.74) is -5.11. The molecular formula is C28H36O8. The number of aliphatic hydroxyl groups excluding tert-OH is 2. The number of aliphatic hydroxyl groups is 3. The Morgan fingerprint density at radius 1 is 1.08 bits per heavy atom. The molecule has 0 aromatic heterocycles. The Kier molecular flexibility index (Phi) is 5.62. The second-order valence-electron chi connectivity index (χ2n) is 12.2. The van der Waals surface area contributed by atoms with Gasteiger partial charge in [-0.25, -0.2) is 0 Å². The van der Waals surface area contributed by atoms with Gasteiger partial charge in [-0.05, 0) is 18.4 Å². The summed E-state index contributed by atoms with van der Waals surface area (Å²) in [6, 6.07) is 9.15. The highest BCUT2D eigenvalue weighted by Gasteiger charge is 2.77. The third kappa shape index (κ3) is 2.98. The maximum atomic E-state index is 14.2. The number of hydrogen-bond acceptors (Lipinski definition) is 8. The van der Waals surface area contributed by atoms with Crippen LogP contribution in [0, 0.1) is 28.6 Å². The number of fused-ring (bicyclic) bond motifs is 5. The van der Waals surface area contributed by atoms with Crippen molar-refractivity contribution in [3.05, 3.63) is 35.9 Å². The second kappa shape index (κ2) is 7.93. The lowest BCUT2D eigenvalue weighted by atomic mass is 9.39. The Morgan fingerprint density at radius 3 is 2.28 bits per heavy atom. The van der Waals surface area contributed by atoms with E-state index in [0.717, 1.165) is 0 Å².